The predicted molar refractivity (Wildman–Crippen MR) is 118 cm³/mol. The Morgan fingerprint density at radius 1 is 1.12 bits per heavy atom. The van der Waals surface area contributed by atoms with Crippen LogP contribution in [0.4, 0.5) is 0 Å². The van der Waals surface area contributed by atoms with Crippen LogP contribution in [0.5, 0.6) is 17.2 Å². The average molecular weight is 432 g/mol. The highest BCUT2D eigenvalue weighted by molar-refractivity contribution is 6.06. The number of nitrogens with one attached hydrogen (secondary N) is 2. The van der Waals surface area contributed by atoms with Crippen LogP contribution in [0.25, 0.3) is 10.9 Å². The lowest BCUT2D eigenvalue weighted by Crippen LogP contribution is -2.34. The van der Waals surface area contributed by atoms with Gasteiger partial charge in [-0.25, -0.2) is 0 Å². The number of rotatable bonds is 5. The van der Waals surface area contributed by atoms with E-state index in [1.165, 1.54) is 0 Å². The molecule has 1 aliphatic heterocycles. The van der Waals surface area contributed by atoms with E-state index in [0.717, 1.165) is 35.1 Å². The van der Waals surface area contributed by atoms with Crippen LogP contribution in [-0.4, -0.2) is 43.9 Å². The number of piperidine rings is 1. The Morgan fingerprint density at radius 3 is 2.69 bits per heavy atom. The largest absolute Gasteiger partial charge is 0.493 e. The van der Waals surface area contributed by atoms with Gasteiger partial charge in [-0.2, -0.15) is 0 Å². The van der Waals surface area contributed by atoms with Crippen LogP contribution in [0.15, 0.2) is 47.2 Å². The molecule has 7 nitrogen and oxygen atoms in total. The Hall–Kier alpha value is -3.48. The van der Waals surface area contributed by atoms with Crippen molar-refractivity contribution in [2.24, 2.45) is 11.3 Å². The van der Waals surface area contributed by atoms with Gasteiger partial charge in [-0.05, 0) is 42.5 Å². The fourth-order valence-electron chi connectivity index (χ4n) is 5.75. The molecule has 7 heteroatoms. The monoisotopic (exact) mass is 432 g/mol. The first-order valence-electron chi connectivity index (χ1n) is 10.8. The first-order valence-corrected chi connectivity index (χ1v) is 10.8. The molecule has 4 aliphatic rings. The van der Waals surface area contributed by atoms with Crippen molar-refractivity contribution in [2.75, 3.05) is 21.3 Å². The number of H-pyrrole nitrogens is 1. The highest BCUT2D eigenvalue weighted by Gasteiger charge is 2.67. The highest BCUT2D eigenvalue weighted by atomic mass is 16.5. The fourth-order valence-corrected chi connectivity index (χ4v) is 5.75. The van der Waals surface area contributed by atoms with Crippen LogP contribution < -0.4 is 19.5 Å². The summed E-state index contributed by atoms with van der Waals surface area (Å²) in [4.78, 5) is 29.2. The van der Waals surface area contributed by atoms with E-state index in [9.17, 15) is 9.59 Å². The lowest BCUT2D eigenvalue weighted by atomic mass is 9.80. The number of aromatic nitrogens is 1. The quantitative estimate of drug-likeness (QED) is 0.704. The van der Waals surface area contributed by atoms with E-state index >= 15 is 0 Å². The Labute approximate surface area is 185 Å². The number of benzene rings is 1. The molecule has 0 radical (unpaired) electrons. The summed E-state index contributed by atoms with van der Waals surface area (Å²) in [6.07, 6.45) is 8.15. The molecule has 1 spiro atoms. The van der Waals surface area contributed by atoms with Gasteiger partial charge < -0.3 is 24.5 Å². The van der Waals surface area contributed by atoms with Crippen molar-refractivity contribution < 1.29 is 23.8 Å². The molecule has 2 fully saturated rings. The Morgan fingerprint density at radius 2 is 1.94 bits per heavy atom. The molecule has 164 valence electrons. The molecule has 2 aromatic rings. The number of aromatic amines is 1. The second-order valence-electron chi connectivity index (χ2n) is 8.94. The lowest BCUT2D eigenvalue weighted by molar-refractivity contribution is -0.115. The number of fused-ring (bicyclic) bond motifs is 1. The molecule has 2 heterocycles. The summed E-state index contributed by atoms with van der Waals surface area (Å²) in [5.74, 6) is 1.94. The summed E-state index contributed by atoms with van der Waals surface area (Å²) in [6, 6.07) is 3.36. The van der Waals surface area contributed by atoms with Gasteiger partial charge in [0, 0.05) is 28.5 Å². The smallest absolute Gasteiger partial charge is 0.205 e. The molecule has 1 aromatic carbocycles. The number of allylic oxidation sites excluding steroid dienone is 6. The van der Waals surface area contributed by atoms with E-state index in [1.54, 1.807) is 21.3 Å². The summed E-state index contributed by atoms with van der Waals surface area (Å²) >= 11 is 0. The molecule has 6 rings (SSSR count). The van der Waals surface area contributed by atoms with E-state index in [-0.39, 0.29) is 28.9 Å². The molecule has 3 aliphatic carbocycles. The van der Waals surface area contributed by atoms with E-state index in [0.29, 0.717) is 34.9 Å². The van der Waals surface area contributed by atoms with Gasteiger partial charge >= 0.3 is 0 Å². The summed E-state index contributed by atoms with van der Waals surface area (Å²) in [6.45, 7) is 0. The van der Waals surface area contributed by atoms with Crippen molar-refractivity contribution in [1.82, 2.24) is 10.3 Å². The maximum Gasteiger partial charge on any atom is 0.205 e. The maximum atomic E-state index is 13.6. The van der Waals surface area contributed by atoms with Gasteiger partial charge in [-0.1, -0.05) is 12.2 Å². The Bertz CT molecular complexity index is 1300. The van der Waals surface area contributed by atoms with Crippen molar-refractivity contribution in [1.29, 1.82) is 0 Å². The van der Waals surface area contributed by atoms with Crippen LogP contribution in [0.1, 0.15) is 29.8 Å². The number of carbonyl (C=O) groups excluding carboxylic acids is 2. The van der Waals surface area contributed by atoms with Gasteiger partial charge in [0.1, 0.15) is 0 Å². The molecule has 1 saturated heterocycles. The number of ketones is 2. The zero-order valence-corrected chi connectivity index (χ0v) is 18.2. The minimum atomic E-state index is -0.315. The van der Waals surface area contributed by atoms with Gasteiger partial charge in [0.15, 0.2) is 17.3 Å². The van der Waals surface area contributed by atoms with E-state index in [2.05, 4.69) is 16.4 Å². The molecule has 1 saturated carbocycles. The van der Waals surface area contributed by atoms with Gasteiger partial charge in [0.25, 0.3) is 0 Å². The predicted octanol–water partition coefficient (Wildman–Crippen LogP) is 3.47. The van der Waals surface area contributed by atoms with Gasteiger partial charge in [-0.3, -0.25) is 9.59 Å². The second-order valence-corrected chi connectivity index (χ2v) is 8.94. The second kappa shape index (κ2) is 6.51. The molecule has 3 atom stereocenters. The van der Waals surface area contributed by atoms with Gasteiger partial charge in [0.05, 0.1) is 38.6 Å². The summed E-state index contributed by atoms with van der Waals surface area (Å²) in [5, 5.41) is 4.29. The molecule has 0 amide bonds. The molecular formula is C25H24N2O5. The molecule has 3 unspecified atom stereocenters. The van der Waals surface area contributed by atoms with E-state index in [1.807, 2.05) is 24.3 Å². The molecule has 2 N–H and O–H groups in total. The van der Waals surface area contributed by atoms with Crippen molar-refractivity contribution >= 4 is 22.5 Å². The fraction of sp³-hybridized carbons (Fsp3) is 0.360. The number of ether oxygens (including phenoxy) is 3. The SMILES string of the molecule is COc1cc2cc(C(=O)C3NC4=CC5=C(CC46CC36)C(=O)CC=C5)[nH]c2c(OC)c1OC. The molecule has 32 heavy (non-hydrogen) atoms. The van der Waals surface area contributed by atoms with E-state index in [4.69, 9.17) is 14.2 Å². The zero-order chi connectivity index (χ0) is 22.2. The number of methoxy groups -OCH3 is 3. The third-order valence-electron chi connectivity index (χ3n) is 7.43. The molecular weight excluding hydrogens is 408 g/mol. The Kier molecular flexibility index (Phi) is 3.91. The van der Waals surface area contributed by atoms with Crippen LogP contribution in [0.3, 0.4) is 0 Å². The lowest BCUT2D eigenvalue weighted by Gasteiger charge is -2.26. The average Bonchev–Trinajstić information content (AvgIpc) is 3.20. The first-order chi connectivity index (χ1) is 15.5. The van der Waals surface area contributed by atoms with Gasteiger partial charge in [-0.15, -0.1) is 0 Å². The van der Waals surface area contributed by atoms with Crippen molar-refractivity contribution in [3.8, 4) is 17.2 Å². The summed E-state index contributed by atoms with van der Waals surface area (Å²) in [5.41, 5.74) is 4.13. The van der Waals surface area contributed by atoms with Crippen LogP contribution in [0.2, 0.25) is 0 Å². The van der Waals surface area contributed by atoms with Crippen molar-refractivity contribution in [3.63, 3.8) is 0 Å². The molecule has 1 aromatic heterocycles. The van der Waals surface area contributed by atoms with E-state index < -0.39 is 0 Å². The van der Waals surface area contributed by atoms with Crippen LogP contribution in [-0.2, 0) is 4.79 Å². The minimum absolute atomic E-state index is 0.0122. The summed E-state index contributed by atoms with van der Waals surface area (Å²) in [7, 11) is 4.69. The number of Topliss-reactive ketones (excluding diaryl/α,β-unsaturated/α-hetero) is 2. The topological polar surface area (TPSA) is 89.7 Å². The first kappa shape index (κ1) is 19.2. The minimum Gasteiger partial charge on any atom is -0.493 e. The third-order valence-corrected chi connectivity index (χ3v) is 7.43. The zero-order valence-electron chi connectivity index (χ0n) is 18.2. The molecule has 0 bridgehead atoms. The van der Waals surface area contributed by atoms with Crippen molar-refractivity contribution in [3.05, 3.63) is 52.9 Å². The number of hydrogen-bond acceptors (Lipinski definition) is 6. The third kappa shape index (κ3) is 2.42. The van der Waals surface area contributed by atoms with Crippen LogP contribution >= 0.6 is 0 Å². The standard InChI is InChI=1S/C25H24N2O5/c1-30-18-8-13-7-16(26-20(13)24(32-3)23(18)31-2)22(29)21-15-11-25(15)10-14-12(9-19(25)27-21)5-4-6-17(14)28/h4-5,7-9,15,21,26-27H,6,10-11H2,1-3H3. The Balaban J connectivity index is 1.34. The summed E-state index contributed by atoms with van der Waals surface area (Å²) < 4.78 is 16.5. The number of carbonyl (C=O) groups is 2. The van der Waals surface area contributed by atoms with Gasteiger partial charge in [0.2, 0.25) is 11.5 Å². The van der Waals surface area contributed by atoms with Crippen LogP contribution in [0, 0.1) is 11.3 Å². The maximum absolute atomic E-state index is 13.6. The normalized spacial score (nSPS) is 27.3. The number of hydrogen-bond donors (Lipinski definition) is 2. The van der Waals surface area contributed by atoms with Crippen molar-refractivity contribution in [2.45, 2.75) is 25.3 Å². The highest BCUT2D eigenvalue weighted by Crippen LogP contribution is 2.68.